The molecule has 2 heterocycles. The van der Waals surface area contributed by atoms with Gasteiger partial charge in [0.25, 0.3) is 0 Å². The van der Waals surface area contributed by atoms with Gasteiger partial charge in [-0.2, -0.15) is 0 Å². The van der Waals surface area contributed by atoms with Crippen LogP contribution in [0.3, 0.4) is 0 Å². The van der Waals surface area contributed by atoms with Crippen molar-refractivity contribution in [2.75, 3.05) is 0 Å². The molecule has 3 aromatic rings. The molecule has 0 saturated heterocycles. The Morgan fingerprint density at radius 3 is 2.68 bits per heavy atom. The van der Waals surface area contributed by atoms with E-state index in [4.69, 9.17) is 0 Å². The second-order valence-corrected chi connectivity index (χ2v) is 6.49. The number of nitrogens with zero attached hydrogens (tertiary/aromatic N) is 2. The summed E-state index contributed by atoms with van der Waals surface area (Å²) in [6, 6.07) is 7.15. The van der Waals surface area contributed by atoms with Gasteiger partial charge in [0.05, 0.1) is 5.01 Å². The highest BCUT2D eigenvalue weighted by molar-refractivity contribution is 7.13. The number of aromatic nitrogens is 2. The lowest BCUT2D eigenvalue weighted by Crippen LogP contribution is -1.82. The lowest BCUT2D eigenvalue weighted by atomic mass is 10.2. The number of hydrogen-bond donors (Lipinski definition) is 1. The van der Waals surface area contributed by atoms with E-state index in [1.165, 1.54) is 4.88 Å². The molecule has 19 heavy (non-hydrogen) atoms. The van der Waals surface area contributed by atoms with Crippen LogP contribution in [0.1, 0.15) is 9.88 Å². The van der Waals surface area contributed by atoms with Crippen molar-refractivity contribution in [3.8, 4) is 27.7 Å². The van der Waals surface area contributed by atoms with Crippen LogP contribution in [0.25, 0.3) is 22.0 Å². The molecule has 0 saturated carbocycles. The summed E-state index contributed by atoms with van der Waals surface area (Å²) in [5, 5.41) is 13.5. The first-order chi connectivity index (χ1) is 9.13. The quantitative estimate of drug-likeness (QED) is 0.766. The molecule has 96 valence electrons. The molecular formula is C14H12N2OS2. The van der Waals surface area contributed by atoms with Crippen molar-refractivity contribution >= 4 is 22.7 Å². The maximum Gasteiger partial charge on any atom is 0.124 e. The van der Waals surface area contributed by atoms with Crippen molar-refractivity contribution in [3.63, 3.8) is 0 Å². The maximum atomic E-state index is 9.51. The van der Waals surface area contributed by atoms with Crippen molar-refractivity contribution in [3.05, 3.63) is 39.5 Å². The number of phenolic OH excluding ortho intramolecular Hbond substituents is 1. The van der Waals surface area contributed by atoms with E-state index in [0.717, 1.165) is 27.0 Å². The molecule has 3 nitrogen and oxygen atoms in total. The first-order valence-corrected chi connectivity index (χ1v) is 7.52. The number of benzene rings is 1. The Morgan fingerprint density at radius 2 is 2.00 bits per heavy atom. The molecule has 0 amide bonds. The third-order valence-corrected chi connectivity index (χ3v) is 4.52. The average Bonchev–Trinajstić information content (AvgIpc) is 2.96. The van der Waals surface area contributed by atoms with Gasteiger partial charge in [-0.05, 0) is 26.0 Å². The Bertz CT molecular complexity index is 731. The molecule has 0 aliphatic heterocycles. The summed E-state index contributed by atoms with van der Waals surface area (Å²) < 4.78 is 0. The minimum atomic E-state index is 0.259. The minimum Gasteiger partial charge on any atom is -0.508 e. The number of phenols is 1. The number of aryl methyl sites for hydroxylation is 2. The predicted octanol–water partition coefficient (Wildman–Crippen LogP) is 4.26. The van der Waals surface area contributed by atoms with Crippen LogP contribution in [0, 0.1) is 13.8 Å². The van der Waals surface area contributed by atoms with Gasteiger partial charge in [0.1, 0.15) is 22.1 Å². The highest BCUT2D eigenvalue weighted by Crippen LogP contribution is 2.32. The highest BCUT2D eigenvalue weighted by atomic mass is 32.1. The SMILES string of the molecule is Cc1nc(-c2csc(-c3cccc(O)c3)n2)c(C)s1. The zero-order valence-corrected chi connectivity index (χ0v) is 12.2. The molecule has 0 bridgehead atoms. The summed E-state index contributed by atoms with van der Waals surface area (Å²) in [6.45, 7) is 4.07. The van der Waals surface area contributed by atoms with Crippen molar-refractivity contribution < 1.29 is 5.11 Å². The molecule has 3 rings (SSSR count). The van der Waals surface area contributed by atoms with Gasteiger partial charge in [-0.1, -0.05) is 12.1 Å². The van der Waals surface area contributed by atoms with Crippen LogP contribution >= 0.6 is 22.7 Å². The summed E-state index contributed by atoms with van der Waals surface area (Å²) >= 11 is 3.25. The summed E-state index contributed by atoms with van der Waals surface area (Å²) in [7, 11) is 0. The predicted molar refractivity (Wildman–Crippen MR) is 79.8 cm³/mol. The van der Waals surface area contributed by atoms with Gasteiger partial charge in [0.15, 0.2) is 0 Å². The minimum absolute atomic E-state index is 0.259. The molecule has 0 aliphatic rings. The standard InChI is InChI=1S/C14H12N2OS2/c1-8-13(15-9(2)19-8)12-7-18-14(16-12)10-4-3-5-11(17)6-10/h3-7,17H,1-2H3. The van der Waals surface area contributed by atoms with E-state index in [1.807, 2.05) is 24.4 Å². The van der Waals surface area contributed by atoms with E-state index in [9.17, 15) is 5.11 Å². The van der Waals surface area contributed by atoms with Crippen molar-refractivity contribution in [1.29, 1.82) is 0 Å². The molecule has 0 unspecified atom stereocenters. The van der Waals surface area contributed by atoms with Gasteiger partial charge in [-0.3, -0.25) is 0 Å². The number of aromatic hydroxyl groups is 1. The van der Waals surface area contributed by atoms with E-state index in [0.29, 0.717) is 0 Å². The fourth-order valence-corrected chi connectivity index (χ4v) is 3.55. The Balaban J connectivity index is 2.02. The normalized spacial score (nSPS) is 10.8. The van der Waals surface area contributed by atoms with E-state index in [2.05, 4.69) is 16.9 Å². The van der Waals surface area contributed by atoms with Gasteiger partial charge >= 0.3 is 0 Å². The van der Waals surface area contributed by atoms with Crippen LogP contribution in [-0.2, 0) is 0 Å². The fourth-order valence-electron chi connectivity index (χ4n) is 1.92. The third kappa shape index (κ3) is 2.39. The van der Waals surface area contributed by atoms with Crippen LogP contribution in [0.15, 0.2) is 29.6 Å². The molecular weight excluding hydrogens is 276 g/mol. The van der Waals surface area contributed by atoms with Crippen LogP contribution in [0.4, 0.5) is 0 Å². The van der Waals surface area contributed by atoms with Gasteiger partial charge in [0, 0.05) is 15.8 Å². The van der Waals surface area contributed by atoms with Gasteiger partial charge in [-0.15, -0.1) is 22.7 Å². The number of thiazole rings is 2. The zero-order chi connectivity index (χ0) is 13.4. The molecule has 0 fully saturated rings. The lowest BCUT2D eigenvalue weighted by molar-refractivity contribution is 0.475. The second-order valence-electron chi connectivity index (χ2n) is 4.23. The third-order valence-electron chi connectivity index (χ3n) is 2.74. The van der Waals surface area contributed by atoms with E-state index >= 15 is 0 Å². The molecule has 0 radical (unpaired) electrons. The molecule has 2 aromatic heterocycles. The Kier molecular flexibility index (Phi) is 3.08. The molecule has 1 N–H and O–H groups in total. The van der Waals surface area contributed by atoms with E-state index in [1.54, 1.807) is 34.8 Å². The van der Waals surface area contributed by atoms with Crippen LogP contribution < -0.4 is 0 Å². The zero-order valence-electron chi connectivity index (χ0n) is 10.5. The largest absolute Gasteiger partial charge is 0.508 e. The van der Waals surface area contributed by atoms with Crippen LogP contribution in [-0.4, -0.2) is 15.1 Å². The monoisotopic (exact) mass is 288 g/mol. The van der Waals surface area contributed by atoms with E-state index < -0.39 is 0 Å². The van der Waals surface area contributed by atoms with Crippen LogP contribution in [0.5, 0.6) is 5.75 Å². The Labute approximate surface area is 119 Å². The van der Waals surface area contributed by atoms with Gasteiger partial charge < -0.3 is 5.11 Å². The van der Waals surface area contributed by atoms with Crippen molar-refractivity contribution in [1.82, 2.24) is 9.97 Å². The second kappa shape index (κ2) is 4.75. The number of hydrogen-bond acceptors (Lipinski definition) is 5. The topological polar surface area (TPSA) is 46.0 Å². The smallest absolute Gasteiger partial charge is 0.124 e. The molecule has 0 spiro atoms. The molecule has 5 heteroatoms. The molecule has 0 atom stereocenters. The summed E-state index contributed by atoms with van der Waals surface area (Å²) in [5.41, 5.74) is 2.80. The average molecular weight is 288 g/mol. The van der Waals surface area contributed by atoms with E-state index in [-0.39, 0.29) is 5.75 Å². The summed E-state index contributed by atoms with van der Waals surface area (Å²) in [6.07, 6.45) is 0. The Hall–Kier alpha value is -1.72. The molecule has 1 aromatic carbocycles. The fraction of sp³-hybridized carbons (Fsp3) is 0.143. The number of rotatable bonds is 2. The van der Waals surface area contributed by atoms with Crippen LogP contribution in [0.2, 0.25) is 0 Å². The highest BCUT2D eigenvalue weighted by Gasteiger charge is 2.12. The first kappa shape index (κ1) is 12.3. The Morgan fingerprint density at radius 1 is 1.16 bits per heavy atom. The molecule has 0 aliphatic carbocycles. The summed E-state index contributed by atoms with van der Waals surface area (Å²) in [4.78, 5) is 10.3. The lowest BCUT2D eigenvalue weighted by Gasteiger charge is -1.96. The van der Waals surface area contributed by atoms with Crippen molar-refractivity contribution in [2.24, 2.45) is 0 Å². The maximum absolute atomic E-state index is 9.51. The summed E-state index contributed by atoms with van der Waals surface area (Å²) in [5.74, 6) is 0.259. The van der Waals surface area contributed by atoms with Gasteiger partial charge in [0.2, 0.25) is 0 Å². The van der Waals surface area contributed by atoms with Crippen molar-refractivity contribution in [2.45, 2.75) is 13.8 Å². The first-order valence-electron chi connectivity index (χ1n) is 5.83. The van der Waals surface area contributed by atoms with Gasteiger partial charge in [-0.25, -0.2) is 9.97 Å².